The molecule has 5 nitrogen and oxygen atoms in total. The molecule has 0 saturated carbocycles. The normalized spacial score (nSPS) is 11.5. The number of unbranched alkanes of at least 4 members (excludes halogenated alkanes) is 1. The maximum absolute atomic E-state index is 5.43. The van der Waals surface area contributed by atoms with Gasteiger partial charge in [-0.25, -0.2) is 4.98 Å². The lowest BCUT2D eigenvalue weighted by atomic mass is 10.3. The second kappa shape index (κ2) is 8.36. The third kappa shape index (κ3) is 4.28. The molecular weight excluding hydrogens is 274 g/mol. The molecule has 0 bridgehead atoms. The maximum atomic E-state index is 5.43. The van der Waals surface area contributed by atoms with Crippen molar-refractivity contribution in [3.8, 4) is 0 Å². The predicted molar refractivity (Wildman–Crippen MR) is 81.4 cm³/mol. The molecule has 0 amide bonds. The Kier molecular flexibility index (Phi) is 6.46. The summed E-state index contributed by atoms with van der Waals surface area (Å²) in [5.74, 6) is 0. The molecule has 0 aliphatic rings. The maximum Gasteiger partial charge on any atom is 0.194 e. The highest BCUT2D eigenvalue weighted by molar-refractivity contribution is 7.15. The number of hydrogen-bond acceptors (Lipinski definition) is 5. The van der Waals surface area contributed by atoms with E-state index in [1.54, 1.807) is 18.4 Å². The fraction of sp³-hybridized carbons (Fsp3) is 0.643. The molecule has 6 heteroatoms. The largest absolute Gasteiger partial charge is 0.382 e. The van der Waals surface area contributed by atoms with E-state index in [9.17, 15) is 0 Å². The number of aryl methyl sites for hydroxylation is 1. The number of methoxy groups -OCH3 is 1. The van der Waals surface area contributed by atoms with Crippen LogP contribution in [0.1, 0.15) is 24.2 Å². The minimum absolute atomic E-state index is 0.676. The first kappa shape index (κ1) is 15.4. The van der Waals surface area contributed by atoms with Gasteiger partial charge in [-0.05, 0) is 26.3 Å². The summed E-state index contributed by atoms with van der Waals surface area (Å²) in [6.45, 7) is 6.12. The van der Waals surface area contributed by atoms with Crippen LogP contribution in [0.5, 0.6) is 0 Å². The van der Waals surface area contributed by atoms with Gasteiger partial charge < -0.3 is 14.8 Å². The Bertz CT molecular complexity index is 509. The number of thiazole rings is 1. The number of imidazole rings is 1. The van der Waals surface area contributed by atoms with Crippen LogP contribution in [0.25, 0.3) is 4.96 Å². The van der Waals surface area contributed by atoms with E-state index in [-0.39, 0.29) is 0 Å². The Morgan fingerprint density at radius 2 is 2.20 bits per heavy atom. The average Bonchev–Trinajstić information content (AvgIpc) is 2.99. The first-order chi connectivity index (χ1) is 9.83. The standard InChI is InChI=1S/C14H23N3O2S/c1-12-13(17-6-10-20-14(17)16-12)11-15-5-3-4-7-19-9-8-18-2/h6,10,15H,3-5,7-9,11H2,1-2H3. The highest BCUT2D eigenvalue weighted by atomic mass is 32.1. The third-order valence-corrected chi connectivity index (χ3v) is 3.93. The van der Waals surface area contributed by atoms with Crippen molar-refractivity contribution in [1.29, 1.82) is 0 Å². The summed E-state index contributed by atoms with van der Waals surface area (Å²) in [5.41, 5.74) is 2.38. The van der Waals surface area contributed by atoms with Gasteiger partial charge in [-0.15, -0.1) is 11.3 Å². The van der Waals surface area contributed by atoms with Crippen LogP contribution in [0.4, 0.5) is 0 Å². The Morgan fingerprint density at radius 1 is 1.30 bits per heavy atom. The molecule has 0 unspecified atom stereocenters. The van der Waals surface area contributed by atoms with E-state index in [4.69, 9.17) is 9.47 Å². The second-order valence-electron chi connectivity index (χ2n) is 4.69. The summed E-state index contributed by atoms with van der Waals surface area (Å²) < 4.78 is 12.5. The van der Waals surface area contributed by atoms with E-state index < -0.39 is 0 Å². The second-order valence-corrected chi connectivity index (χ2v) is 5.56. The fourth-order valence-corrected chi connectivity index (χ4v) is 2.84. The molecule has 2 aromatic rings. The SMILES string of the molecule is COCCOCCCCNCc1c(C)nc2sccn12. The van der Waals surface area contributed by atoms with E-state index >= 15 is 0 Å². The minimum Gasteiger partial charge on any atom is -0.382 e. The fourth-order valence-electron chi connectivity index (χ4n) is 2.06. The Balaban J connectivity index is 1.59. The molecule has 0 spiro atoms. The molecule has 1 N–H and O–H groups in total. The molecule has 0 atom stereocenters. The Hall–Kier alpha value is -0.950. The van der Waals surface area contributed by atoms with Gasteiger partial charge in [0.1, 0.15) is 0 Å². The zero-order valence-corrected chi connectivity index (χ0v) is 13.0. The van der Waals surface area contributed by atoms with Gasteiger partial charge in [0, 0.05) is 31.8 Å². The lowest BCUT2D eigenvalue weighted by molar-refractivity contribution is 0.0688. The van der Waals surface area contributed by atoms with Gasteiger partial charge in [0.2, 0.25) is 0 Å². The number of hydrogen-bond donors (Lipinski definition) is 1. The Morgan fingerprint density at radius 3 is 3.05 bits per heavy atom. The van der Waals surface area contributed by atoms with E-state index in [1.807, 2.05) is 0 Å². The number of fused-ring (bicyclic) bond motifs is 1. The highest BCUT2D eigenvalue weighted by Crippen LogP contribution is 2.16. The third-order valence-electron chi connectivity index (χ3n) is 3.18. The van der Waals surface area contributed by atoms with Crippen molar-refractivity contribution in [1.82, 2.24) is 14.7 Å². The van der Waals surface area contributed by atoms with Gasteiger partial charge in [-0.2, -0.15) is 0 Å². The highest BCUT2D eigenvalue weighted by Gasteiger charge is 2.08. The van der Waals surface area contributed by atoms with Crippen LogP contribution < -0.4 is 5.32 Å². The molecule has 2 aromatic heterocycles. The van der Waals surface area contributed by atoms with Crippen molar-refractivity contribution in [3.05, 3.63) is 23.0 Å². The van der Waals surface area contributed by atoms with Crippen molar-refractivity contribution in [2.24, 2.45) is 0 Å². The predicted octanol–water partition coefficient (Wildman–Crippen LogP) is 2.24. The lowest BCUT2D eigenvalue weighted by Crippen LogP contribution is -2.17. The summed E-state index contributed by atoms with van der Waals surface area (Å²) in [7, 11) is 1.69. The van der Waals surface area contributed by atoms with Crippen molar-refractivity contribution in [3.63, 3.8) is 0 Å². The number of aromatic nitrogens is 2. The summed E-state index contributed by atoms with van der Waals surface area (Å²) >= 11 is 1.68. The average molecular weight is 297 g/mol. The van der Waals surface area contributed by atoms with Crippen molar-refractivity contribution in [2.45, 2.75) is 26.3 Å². The van der Waals surface area contributed by atoms with Gasteiger partial charge >= 0.3 is 0 Å². The van der Waals surface area contributed by atoms with Crippen LogP contribution in [0.3, 0.4) is 0 Å². The zero-order chi connectivity index (χ0) is 14.2. The number of rotatable bonds is 10. The van der Waals surface area contributed by atoms with Crippen LogP contribution in [-0.2, 0) is 16.0 Å². The molecule has 0 aromatic carbocycles. The molecule has 2 rings (SSSR count). The van der Waals surface area contributed by atoms with E-state index in [1.165, 1.54) is 5.69 Å². The molecule has 0 saturated heterocycles. The van der Waals surface area contributed by atoms with Crippen molar-refractivity contribution in [2.75, 3.05) is 33.5 Å². The van der Waals surface area contributed by atoms with Crippen molar-refractivity contribution >= 4 is 16.3 Å². The van der Waals surface area contributed by atoms with Gasteiger partial charge in [0.15, 0.2) is 4.96 Å². The number of ether oxygens (including phenoxy) is 2. The van der Waals surface area contributed by atoms with Gasteiger partial charge in [0.25, 0.3) is 0 Å². The molecule has 112 valence electrons. The van der Waals surface area contributed by atoms with E-state index in [0.29, 0.717) is 13.2 Å². The summed E-state index contributed by atoms with van der Waals surface area (Å²) in [6.07, 6.45) is 4.29. The molecule has 0 radical (unpaired) electrons. The summed E-state index contributed by atoms with van der Waals surface area (Å²) in [4.78, 5) is 5.61. The quantitative estimate of drug-likeness (QED) is 0.683. The van der Waals surface area contributed by atoms with E-state index in [2.05, 4.69) is 33.2 Å². The summed E-state index contributed by atoms with van der Waals surface area (Å²) in [5, 5.41) is 5.55. The van der Waals surface area contributed by atoms with Crippen LogP contribution in [0.15, 0.2) is 11.6 Å². The zero-order valence-electron chi connectivity index (χ0n) is 12.2. The minimum atomic E-state index is 0.676. The topological polar surface area (TPSA) is 47.8 Å². The Labute approximate surface area is 123 Å². The number of nitrogens with one attached hydrogen (secondary N) is 1. The molecule has 2 heterocycles. The lowest BCUT2D eigenvalue weighted by Gasteiger charge is -2.06. The van der Waals surface area contributed by atoms with Crippen LogP contribution >= 0.6 is 11.3 Å². The first-order valence-electron chi connectivity index (χ1n) is 7.01. The number of nitrogens with zero attached hydrogens (tertiary/aromatic N) is 2. The molecule has 20 heavy (non-hydrogen) atoms. The van der Waals surface area contributed by atoms with Crippen LogP contribution in [0, 0.1) is 6.92 Å². The monoisotopic (exact) mass is 297 g/mol. The molecular formula is C14H23N3O2S. The molecule has 0 fully saturated rings. The van der Waals surface area contributed by atoms with Crippen molar-refractivity contribution < 1.29 is 9.47 Å². The van der Waals surface area contributed by atoms with Gasteiger partial charge in [0.05, 0.1) is 24.6 Å². The van der Waals surface area contributed by atoms with Gasteiger partial charge in [-0.3, -0.25) is 4.40 Å². The molecule has 0 aliphatic heterocycles. The molecule has 0 aliphatic carbocycles. The first-order valence-corrected chi connectivity index (χ1v) is 7.89. The van der Waals surface area contributed by atoms with Gasteiger partial charge in [-0.1, -0.05) is 0 Å². The smallest absolute Gasteiger partial charge is 0.194 e. The van der Waals surface area contributed by atoms with Crippen LogP contribution in [-0.4, -0.2) is 42.9 Å². The summed E-state index contributed by atoms with van der Waals surface area (Å²) in [6, 6.07) is 0. The van der Waals surface area contributed by atoms with E-state index in [0.717, 1.165) is 43.2 Å². The van der Waals surface area contributed by atoms with Crippen LogP contribution in [0.2, 0.25) is 0 Å².